The van der Waals surface area contributed by atoms with Gasteiger partial charge >= 0.3 is 0 Å². The Morgan fingerprint density at radius 1 is 0.861 bits per heavy atom. The van der Waals surface area contributed by atoms with Gasteiger partial charge in [0, 0.05) is 11.3 Å². The number of carbonyl (C=O) groups is 3. The molecule has 5 rings (SSSR count). The molecule has 6 nitrogen and oxygen atoms in total. The number of hydrogen-bond donors (Lipinski definition) is 1. The number of hydrogen-bond acceptors (Lipinski definition) is 5. The lowest BCUT2D eigenvalue weighted by atomic mass is 10.0. The summed E-state index contributed by atoms with van der Waals surface area (Å²) < 4.78 is 5.74. The molecule has 0 atom stereocenters. The van der Waals surface area contributed by atoms with Crippen molar-refractivity contribution in [2.45, 2.75) is 6.54 Å². The van der Waals surface area contributed by atoms with E-state index < -0.39 is 0 Å². The van der Waals surface area contributed by atoms with Crippen molar-refractivity contribution in [2.24, 2.45) is 0 Å². The SMILES string of the molecule is O=C(COc1ccccc1/C=C1/SC(=O)N(Cc2cccc3ccccc23)C1=O)Nc1ccccc1. The maximum absolute atomic E-state index is 13.2. The molecule has 0 saturated carbocycles. The van der Waals surface area contributed by atoms with Crippen LogP contribution >= 0.6 is 11.8 Å². The van der Waals surface area contributed by atoms with Crippen molar-refractivity contribution < 1.29 is 19.1 Å². The van der Waals surface area contributed by atoms with Gasteiger partial charge in [-0.15, -0.1) is 0 Å². The van der Waals surface area contributed by atoms with E-state index in [0.29, 0.717) is 21.9 Å². The van der Waals surface area contributed by atoms with Crippen molar-refractivity contribution in [1.82, 2.24) is 4.90 Å². The van der Waals surface area contributed by atoms with E-state index in [4.69, 9.17) is 4.74 Å². The molecule has 1 aliphatic rings. The van der Waals surface area contributed by atoms with E-state index in [1.807, 2.05) is 66.7 Å². The molecule has 0 unspecified atom stereocenters. The lowest BCUT2D eigenvalue weighted by Gasteiger charge is -2.14. The lowest BCUT2D eigenvalue weighted by Crippen LogP contribution is -2.27. The van der Waals surface area contributed by atoms with Crippen LogP contribution in [0.5, 0.6) is 5.75 Å². The Kier molecular flexibility index (Phi) is 6.82. The molecule has 1 aliphatic heterocycles. The van der Waals surface area contributed by atoms with Crippen LogP contribution in [0.25, 0.3) is 16.8 Å². The van der Waals surface area contributed by atoms with Crippen molar-refractivity contribution in [3.63, 3.8) is 0 Å². The van der Waals surface area contributed by atoms with Gasteiger partial charge in [-0.2, -0.15) is 0 Å². The van der Waals surface area contributed by atoms with Crippen molar-refractivity contribution in [2.75, 3.05) is 11.9 Å². The monoisotopic (exact) mass is 494 g/mol. The van der Waals surface area contributed by atoms with Gasteiger partial charge in [0.1, 0.15) is 5.75 Å². The number of ether oxygens (including phenoxy) is 1. The molecule has 0 radical (unpaired) electrons. The average molecular weight is 495 g/mol. The summed E-state index contributed by atoms with van der Waals surface area (Å²) in [5.41, 5.74) is 2.20. The Labute approximate surface area is 212 Å². The van der Waals surface area contributed by atoms with Crippen LogP contribution in [0.2, 0.25) is 0 Å². The maximum atomic E-state index is 13.2. The highest BCUT2D eigenvalue weighted by Gasteiger charge is 2.35. The van der Waals surface area contributed by atoms with Crippen LogP contribution in [0.1, 0.15) is 11.1 Å². The fourth-order valence-electron chi connectivity index (χ4n) is 3.97. The van der Waals surface area contributed by atoms with E-state index in [1.165, 1.54) is 4.90 Å². The standard InChI is InChI=1S/C29H22N2O4S/c32-27(30-23-13-2-1-3-14-23)19-35-25-16-7-5-10-21(25)17-26-28(33)31(29(34)36-26)18-22-12-8-11-20-9-4-6-15-24(20)22/h1-17H,18-19H2,(H,30,32)/b26-17+. The molecule has 1 saturated heterocycles. The second-order valence-electron chi connectivity index (χ2n) is 8.15. The second kappa shape index (κ2) is 10.5. The van der Waals surface area contributed by atoms with Crippen LogP contribution in [-0.2, 0) is 16.1 Å². The second-order valence-corrected chi connectivity index (χ2v) is 9.14. The first-order valence-corrected chi connectivity index (χ1v) is 12.2. The Morgan fingerprint density at radius 2 is 1.58 bits per heavy atom. The van der Waals surface area contributed by atoms with E-state index in [9.17, 15) is 14.4 Å². The van der Waals surface area contributed by atoms with Gasteiger partial charge in [-0.3, -0.25) is 19.3 Å². The van der Waals surface area contributed by atoms with Gasteiger partial charge in [0.05, 0.1) is 11.4 Å². The van der Waals surface area contributed by atoms with Crippen molar-refractivity contribution in [3.05, 3.63) is 113 Å². The minimum Gasteiger partial charge on any atom is -0.483 e. The van der Waals surface area contributed by atoms with Crippen LogP contribution in [0, 0.1) is 0 Å². The molecule has 178 valence electrons. The predicted octanol–water partition coefficient (Wildman–Crippen LogP) is 6.09. The summed E-state index contributed by atoms with van der Waals surface area (Å²) in [5, 5.41) is 4.52. The van der Waals surface area contributed by atoms with Gasteiger partial charge in [-0.1, -0.05) is 78.9 Å². The molecule has 3 amide bonds. The molecule has 1 heterocycles. The van der Waals surface area contributed by atoms with Gasteiger partial charge in [-0.05, 0) is 52.4 Å². The summed E-state index contributed by atoms with van der Waals surface area (Å²) >= 11 is 0.900. The first-order valence-electron chi connectivity index (χ1n) is 11.4. The summed E-state index contributed by atoms with van der Waals surface area (Å²) in [4.78, 5) is 39.7. The summed E-state index contributed by atoms with van der Waals surface area (Å²) in [6, 6.07) is 30.0. The molecule has 7 heteroatoms. The molecule has 0 bridgehead atoms. The number of thioether (sulfide) groups is 1. The van der Waals surface area contributed by atoms with E-state index in [2.05, 4.69) is 5.32 Å². The first-order chi connectivity index (χ1) is 17.6. The molecule has 0 aliphatic carbocycles. The van der Waals surface area contributed by atoms with Gasteiger partial charge in [0.15, 0.2) is 6.61 Å². The Bertz CT molecular complexity index is 1480. The highest BCUT2D eigenvalue weighted by molar-refractivity contribution is 8.18. The van der Waals surface area contributed by atoms with E-state index in [-0.39, 0.29) is 30.2 Å². The van der Waals surface area contributed by atoms with Crippen LogP contribution in [-0.4, -0.2) is 28.6 Å². The number of nitrogens with zero attached hydrogens (tertiary/aromatic N) is 1. The van der Waals surface area contributed by atoms with E-state index >= 15 is 0 Å². The van der Waals surface area contributed by atoms with E-state index in [1.54, 1.807) is 36.4 Å². The summed E-state index contributed by atoms with van der Waals surface area (Å²) in [6.45, 7) is 0.00344. The van der Waals surface area contributed by atoms with E-state index in [0.717, 1.165) is 28.1 Å². The minimum atomic E-state index is -0.352. The number of benzene rings is 4. The van der Waals surface area contributed by atoms with Gasteiger partial charge in [0.25, 0.3) is 17.1 Å². The maximum Gasteiger partial charge on any atom is 0.293 e. The molecule has 1 fully saturated rings. The number of anilines is 1. The summed E-state index contributed by atoms with van der Waals surface area (Å²) in [6.07, 6.45) is 1.64. The molecule has 1 N–H and O–H groups in total. The summed E-state index contributed by atoms with van der Waals surface area (Å²) in [5.74, 6) is -0.206. The normalized spacial score (nSPS) is 14.4. The third kappa shape index (κ3) is 5.16. The van der Waals surface area contributed by atoms with Crippen molar-refractivity contribution >= 4 is 51.4 Å². The number of carbonyl (C=O) groups excluding carboxylic acids is 3. The minimum absolute atomic E-state index is 0.192. The number of imide groups is 1. The summed E-state index contributed by atoms with van der Waals surface area (Å²) in [7, 11) is 0. The predicted molar refractivity (Wildman–Crippen MR) is 142 cm³/mol. The molecular weight excluding hydrogens is 472 g/mol. The van der Waals surface area contributed by atoms with Crippen LogP contribution in [0.15, 0.2) is 102 Å². The Hall–Kier alpha value is -4.36. The first kappa shape index (κ1) is 23.4. The zero-order valence-corrected chi connectivity index (χ0v) is 20.0. The number of para-hydroxylation sites is 2. The molecule has 4 aromatic rings. The zero-order chi connectivity index (χ0) is 24.9. The van der Waals surface area contributed by atoms with Crippen molar-refractivity contribution in [1.29, 1.82) is 0 Å². The molecule has 0 spiro atoms. The lowest BCUT2D eigenvalue weighted by molar-refractivity contribution is -0.123. The Balaban J connectivity index is 1.31. The largest absolute Gasteiger partial charge is 0.483 e. The number of amides is 3. The highest BCUT2D eigenvalue weighted by atomic mass is 32.2. The number of nitrogens with one attached hydrogen (secondary N) is 1. The molecule has 0 aromatic heterocycles. The topological polar surface area (TPSA) is 75.7 Å². The number of rotatable bonds is 7. The molecular formula is C29H22N2O4S. The fraction of sp³-hybridized carbons (Fsp3) is 0.0690. The third-order valence-corrected chi connectivity index (χ3v) is 6.61. The van der Waals surface area contributed by atoms with Gasteiger partial charge in [0.2, 0.25) is 0 Å². The third-order valence-electron chi connectivity index (χ3n) is 5.70. The van der Waals surface area contributed by atoms with Crippen LogP contribution in [0.3, 0.4) is 0 Å². The highest BCUT2D eigenvalue weighted by Crippen LogP contribution is 2.35. The van der Waals surface area contributed by atoms with Crippen molar-refractivity contribution in [3.8, 4) is 5.75 Å². The zero-order valence-electron chi connectivity index (χ0n) is 19.2. The quantitative estimate of drug-likeness (QED) is 0.315. The fourth-order valence-corrected chi connectivity index (χ4v) is 4.80. The molecule has 4 aromatic carbocycles. The van der Waals surface area contributed by atoms with Gasteiger partial charge in [-0.25, -0.2) is 0 Å². The average Bonchev–Trinajstić information content (AvgIpc) is 3.16. The molecule has 36 heavy (non-hydrogen) atoms. The number of fused-ring (bicyclic) bond motifs is 1. The smallest absolute Gasteiger partial charge is 0.293 e. The van der Waals surface area contributed by atoms with Crippen LogP contribution in [0.4, 0.5) is 10.5 Å². The van der Waals surface area contributed by atoms with Crippen LogP contribution < -0.4 is 10.1 Å². The van der Waals surface area contributed by atoms with Gasteiger partial charge < -0.3 is 10.1 Å². The Morgan fingerprint density at radius 3 is 2.44 bits per heavy atom.